The highest BCUT2D eigenvalue weighted by Crippen LogP contribution is 2.19. The Hall–Kier alpha value is -1.15. The summed E-state index contributed by atoms with van der Waals surface area (Å²) in [7, 11) is 0. The molecule has 0 aliphatic carbocycles. The number of hydrogen-bond acceptors (Lipinski definition) is 2. The largest absolute Gasteiger partial charge is 0.381 e. The molecule has 0 saturated carbocycles. The molecule has 1 aromatic carbocycles. The molecule has 1 aromatic rings. The first kappa shape index (κ1) is 13.3. The van der Waals surface area contributed by atoms with Gasteiger partial charge in [-0.1, -0.05) is 38.1 Å². The molecule has 1 aliphatic heterocycles. The van der Waals surface area contributed by atoms with Crippen LogP contribution < -0.4 is 0 Å². The standard InChI is InChI=1S/C16H22O2/c1-12(2)14-7-5-13(6-8-14)10-16(17)15-4-3-9-18-11-15/h5-8,12,15H,3-4,9-11H2,1-2H3. The van der Waals surface area contributed by atoms with Crippen molar-refractivity contribution in [1.82, 2.24) is 0 Å². The van der Waals surface area contributed by atoms with Gasteiger partial charge < -0.3 is 4.74 Å². The van der Waals surface area contributed by atoms with Crippen LogP contribution in [0.1, 0.15) is 43.7 Å². The van der Waals surface area contributed by atoms with Crippen LogP contribution in [0.15, 0.2) is 24.3 Å². The smallest absolute Gasteiger partial charge is 0.142 e. The van der Waals surface area contributed by atoms with E-state index in [-0.39, 0.29) is 5.92 Å². The van der Waals surface area contributed by atoms with Crippen LogP contribution in [0.2, 0.25) is 0 Å². The molecule has 0 spiro atoms. The minimum absolute atomic E-state index is 0.114. The van der Waals surface area contributed by atoms with Gasteiger partial charge in [0.15, 0.2) is 0 Å². The molecule has 1 fully saturated rings. The third-order valence-electron chi connectivity index (χ3n) is 3.64. The van der Waals surface area contributed by atoms with Crippen LogP contribution in [0, 0.1) is 5.92 Å². The van der Waals surface area contributed by atoms with E-state index in [1.165, 1.54) is 5.56 Å². The predicted octanol–water partition coefficient (Wildman–Crippen LogP) is 3.35. The van der Waals surface area contributed by atoms with E-state index in [9.17, 15) is 4.79 Å². The molecule has 0 radical (unpaired) electrons. The Labute approximate surface area is 109 Å². The van der Waals surface area contributed by atoms with E-state index in [1.54, 1.807) is 0 Å². The number of ether oxygens (including phenoxy) is 1. The number of hydrogen-bond donors (Lipinski definition) is 0. The van der Waals surface area contributed by atoms with Crippen molar-refractivity contribution in [2.24, 2.45) is 5.92 Å². The molecular weight excluding hydrogens is 224 g/mol. The summed E-state index contributed by atoms with van der Waals surface area (Å²) in [4.78, 5) is 12.1. The fourth-order valence-electron chi connectivity index (χ4n) is 2.36. The molecule has 98 valence electrons. The number of carbonyl (C=O) groups is 1. The van der Waals surface area contributed by atoms with Gasteiger partial charge in [0.25, 0.3) is 0 Å². The van der Waals surface area contributed by atoms with E-state index in [2.05, 4.69) is 38.1 Å². The Balaban J connectivity index is 1.94. The van der Waals surface area contributed by atoms with Gasteiger partial charge in [0.05, 0.1) is 6.61 Å². The first-order chi connectivity index (χ1) is 8.66. The van der Waals surface area contributed by atoms with Crippen molar-refractivity contribution in [1.29, 1.82) is 0 Å². The summed E-state index contributed by atoms with van der Waals surface area (Å²) in [6.45, 7) is 5.79. The first-order valence-electron chi connectivity index (χ1n) is 6.86. The molecule has 2 nitrogen and oxygen atoms in total. The van der Waals surface area contributed by atoms with Crippen molar-refractivity contribution in [3.63, 3.8) is 0 Å². The van der Waals surface area contributed by atoms with Crippen LogP contribution in [0.5, 0.6) is 0 Å². The lowest BCUT2D eigenvalue weighted by atomic mass is 9.92. The summed E-state index contributed by atoms with van der Waals surface area (Å²) >= 11 is 0. The van der Waals surface area contributed by atoms with Crippen molar-refractivity contribution >= 4 is 5.78 Å². The van der Waals surface area contributed by atoms with Crippen LogP contribution in [0.25, 0.3) is 0 Å². The van der Waals surface area contributed by atoms with E-state index in [1.807, 2.05) is 0 Å². The van der Waals surface area contributed by atoms with Crippen molar-refractivity contribution in [2.75, 3.05) is 13.2 Å². The molecule has 1 heterocycles. The van der Waals surface area contributed by atoms with E-state index in [4.69, 9.17) is 4.74 Å². The molecule has 0 amide bonds. The molecule has 1 atom stereocenters. The first-order valence-corrected chi connectivity index (χ1v) is 6.86. The molecule has 1 saturated heterocycles. The molecule has 2 heteroatoms. The quantitative estimate of drug-likeness (QED) is 0.814. The Morgan fingerprint density at radius 2 is 2.06 bits per heavy atom. The summed E-state index contributed by atoms with van der Waals surface area (Å²) in [5.41, 5.74) is 2.45. The SMILES string of the molecule is CC(C)c1ccc(CC(=O)C2CCCOC2)cc1. The van der Waals surface area contributed by atoms with Gasteiger partial charge in [0.1, 0.15) is 5.78 Å². The number of rotatable bonds is 4. The predicted molar refractivity (Wildman–Crippen MR) is 72.8 cm³/mol. The van der Waals surface area contributed by atoms with E-state index in [0.29, 0.717) is 24.7 Å². The topological polar surface area (TPSA) is 26.3 Å². The Kier molecular flexibility index (Phi) is 4.54. The third kappa shape index (κ3) is 3.42. The van der Waals surface area contributed by atoms with Gasteiger partial charge in [0, 0.05) is 18.9 Å². The maximum Gasteiger partial charge on any atom is 0.142 e. The lowest BCUT2D eigenvalue weighted by Gasteiger charge is -2.20. The van der Waals surface area contributed by atoms with Gasteiger partial charge >= 0.3 is 0 Å². The van der Waals surface area contributed by atoms with Gasteiger partial charge in [0.2, 0.25) is 0 Å². The molecule has 0 aromatic heterocycles. The Morgan fingerprint density at radius 1 is 1.33 bits per heavy atom. The van der Waals surface area contributed by atoms with Crippen LogP contribution in [0.3, 0.4) is 0 Å². The average Bonchev–Trinajstić information content (AvgIpc) is 2.40. The molecular formula is C16H22O2. The summed E-state index contributed by atoms with van der Waals surface area (Å²) in [5, 5.41) is 0. The number of carbonyl (C=O) groups excluding carboxylic acids is 1. The highest BCUT2D eigenvalue weighted by Gasteiger charge is 2.21. The zero-order chi connectivity index (χ0) is 13.0. The van der Waals surface area contributed by atoms with Gasteiger partial charge in [-0.3, -0.25) is 4.79 Å². The van der Waals surface area contributed by atoms with Crippen LogP contribution in [-0.4, -0.2) is 19.0 Å². The van der Waals surface area contributed by atoms with E-state index in [0.717, 1.165) is 25.0 Å². The second kappa shape index (κ2) is 6.14. The zero-order valence-corrected chi connectivity index (χ0v) is 11.3. The van der Waals surface area contributed by atoms with E-state index >= 15 is 0 Å². The van der Waals surface area contributed by atoms with Crippen LogP contribution in [-0.2, 0) is 16.0 Å². The number of benzene rings is 1. The van der Waals surface area contributed by atoms with Gasteiger partial charge in [-0.25, -0.2) is 0 Å². The van der Waals surface area contributed by atoms with Crippen molar-refractivity contribution in [2.45, 2.75) is 39.0 Å². The Bertz CT molecular complexity index is 386. The van der Waals surface area contributed by atoms with Gasteiger partial charge in [-0.15, -0.1) is 0 Å². The second-order valence-electron chi connectivity index (χ2n) is 5.45. The maximum absolute atomic E-state index is 12.1. The fourth-order valence-corrected chi connectivity index (χ4v) is 2.36. The number of ketones is 1. The minimum atomic E-state index is 0.114. The minimum Gasteiger partial charge on any atom is -0.381 e. The van der Waals surface area contributed by atoms with Crippen LogP contribution >= 0.6 is 0 Å². The summed E-state index contributed by atoms with van der Waals surface area (Å²) in [6.07, 6.45) is 2.55. The summed E-state index contributed by atoms with van der Waals surface area (Å²) < 4.78 is 5.37. The fraction of sp³-hybridized carbons (Fsp3) is 0.562. The molecule has 1 unspecified atom stereocenters. The highest BCUT2D eigenvalue weighted by atomic mass is 16.5. The molecule has 0 N–H and O–H groups in total. The highest BCUT2D eigenvalue weighted by molar-refractivity contribution is 5.83. The van der Waals surface area contributed by atoms with Gasteiger partial charge in [-0.05, 0) is 29.9 Å². The van der Waals surface area contributed by atoms with Gasteiger partial charge in [-0.2, -0.15) is 0 Å². The van der Waals surface area contributed by atoms with E-state index < -0.39 is 0 Å². The second-order valence-corrected chi connectivity index (χ2v) is 5.45. The third-order valence-corrected chi connectivity index (χ3v) is 3.64. The van der Waals surface area contributed by atoms with Crippen molar-refractivity contribution in [3.8, 4) is 0 Å². The monoisotopic (exact) mass is 246 g/mol. The van der Waals surface area contributed by atoms with Crippen LogP contribution in [0.4, 0.5) is 0 Å². The molecule has 0 bridgehead atoms. The summed E-state index contributed by atoms with van der Waals surface area (Å²) in [5.74, 6) is 0.983. The number of Topliss-reactive ketones (excluding diaryl/α,β-unsaturated/α-hetero) is 1. The summed E-state index contributed by atoms with van der Waals surface area (Å²) in [6, 6.07) is 8.42. The maximum atomic E-state index is 12.1. The zero-order valence-electron chi connectivity index (χ0n) is 11.3. The normalized spacial score (nSPS) is 20.1. The lowest BCUT2D eigenvalue weighted by Crippen LogP contribution is -2.26. The molecule has 18 heavy (non-hydrogen) atoms. The molecule has 1 aliphatic rings. The van der Waals surface area contributed by atoms with Crippen molar-refractivity contribution < 1.29 is 9.53 Å². The Morgan fingerprint density at radius 3 is 2.61 bits per heavy atom. The molecule has 2 rings (SSSR count). The van der Waals surface area contributed by atoms with Crippen molar-refractivity contribution in [3.05, 3.63) is 35.4 Å². The average molecular weight is 246 g/mol. The lowest BCUT2D eigenvalue weighted by molar-refractivity contribution is -0.126.